The van der Waals surface area contributed by atoms with Crippen LogP contribution >= 0.6 is 24.0 Å². The molecule has 0 aliphatic carbocycles. The second kappa shape index (κ2) is 7.85. The summed E-state index contributed by atoms with van der Waals surface area (Å²) in [6, 6.07) is 7.89. The second-order valence-electron chi connectivity index (χ2n) is 4.48. The minimum atomic E-state index is 0. The smallest absolute Gasteiger partial charge is 0.137 e. The van der Waals surface area contributed by atoms with Crippen molar-refractivity contribution >= 4 is 24.0 Å². The molecule has 2 N–H and O–H groups in total. The van der Waals surface area contributed by atoms with E-state index in [0.29, 0.717) is 17.7 Å². The van der Waals surface area contributed by atoms with E-state index in [1.807, 2.05) is 24.3 Å². The molecule has 3 nitrogen and oxygen atoms in total. The first-order valence-electron chi connectivity index (χ1n) is 6.11. The van der Waals surface area contributed by atoms with Crippen LogP contribution in [0.15, 0.2) is 24.3 Å². The Kier molecular flexibility index (Phi) is 6.79. The van der Waals surface area contributed by atoms with Crippen molar-refractivity contribution in [2.24, 2.45) is 5.73 Å². The maximum atomic E-state index is 6.01. The van der Waals surface area contributed by atoms with Gasteiger partial charge in [-0.3, -0.25) is 4.90 Å². The number of hydrogen-bond donors (Lipinski definition) is 1. The molecule has 0 amide bonds. The second-order valence-corrected chi connectivity index (χ2v) is 4.89. The van der Waals surface area contributed by atoms with Gasteiger partial charge in [-0.25, -0.2) is 0 Å². The molecule has 1 aliphatic heterocycles. The number of nitrogens with two attached hydrogens (primary N) is 1. The summed E-state index contributed by atoms with van der Waals surface area (Å²) in [7, 11) is 0. The molecule has 1 atom stereocenters. The molecular formula is C13H20Cl2N2O. The van der Waals surface area contributed by atoms with Crippen molar-refractivity contribution in [3.63, 3.8) is 0 Å². The van der Waals surface area contributed by atoms with E-state index in [4.69, 9.17) is 22.1 Å². The van der Waals surface area contributed by atoms with Crippen molar-refractivity contribution in [2.75, 3.05) is 26.2 Å². The number of benzene rings is 1. The molecule has 102 valence electrons. The van der Waals surface area contributed by atoms with Crippen molar-refractivity contribution in [1.29, 1.82) is 0 Å². The van der Waals surface area contributed by atoms with Crippen LogP contribution in [0.4, 0.5) is 0 Å². The van der Waals surface area contributed by atoms with E-state index in [0.717, 1.165) is 31.8 Å². The predicted molar refractivity (Wildman–Crippen MR) is 77.8 cm³/mol. The Morgan fingerprint density at radius 2 is 2.17 bits per heavy atom. The first-order chi connectivity index (χ1) is 8.25. The highest BCUT2D eigenvalue weighted by molar-refractivity contribution is 6.32. The molecule has 1 fully saturated rings. The lowest BCUT2D eigenvalue weighted by atomic mass is 10.1. The molecular weight excluding hydrogens is 271 g/mol. The van der Waals surface area contributed by atoms with Gasteiger partial charge in [0.05, 0.1) is 5.02 Å². The van der Waals surface area contributed by atoms with Crippen molar-refractivity contribution in [3.8, 4) is 5.75 Å². The largest absolute Gasteiger partial charge is 0.491 e. The van der Waals surface area contributed by atoms with Crippen LogP contribution in [0.1, 0.15) is 12.8 Å². The maximum absolute atomic E-state index is 6.01. The highest BCUT2D eigenvalue weighted by atomic mass is 35.5. The third kappa shape index (κ3) is 4.65. The lowest BCUT2D eigenvalue weighted by molar-refractivity contribution is 0.171. The number of para-hydroxylation sites is 1. The first kappa shape index (κ1) is 15.6. The van der Waals surface area contributed by atoms with Gasteiger partial charge in [0.25, 0.3) is 0 Å². The average Bonchev–Trinajstić information content (AvgIpc) is 2.32. The van der Waals surface area contributed by atoms with E-state index < -0.39 is 0 Å². The van der Waals surface area contributed by atoms with E-state index in [1.165, 1.54) is 6.42 Å². The number of nitrogens with zero attached hydrogens (tertiary/aromatic N) is 1. The molecule has 1 unspecified atom stereocenters. The Labute approximate surface area is 120 Å². The third-order valence-corrected chi connectivity index (χ3v) is 3.36. The molecule has 1 heterocycles. The number of hydrogen-bond acceptors (Lipinski definition) is 3. The van der Waals surface area contributed by atoms with E-state index in [9.17, 15) is 0 Å². The summed E-state index contributed by atoms with van der Waals surface area (Å²) >= 11 is 6.01. The topological polar surface area (TPSA) is 38.5 Å². The van der Waals surface area contributed by atoms with Crippen molar-refractivity contribution < 1.29 is 4.74 Å². The van der Waals surface area contributed by atoms with E-state index >= 15 is 0 Å². The molecule has 1 aliphatic rings. The van der Waals surface area contributed by atoms with Gasteiger partial charge in [-0.05, 0) is 31.5 Å². The van der Waals surface area contributed by atoms with Crippen molar-refractivity contribution in [1.82, 2.24) is 4.90 Å². The highest BCUT2D eigenvalue weighted by Gasteiger charge is 2.16. The molecule has 0 spiro atoms. The molecule has 1 aromatic rings. The van der Waals surface area contributed by atoms with Gasteiger partial charge in [-0.2, -0.15) is 0 Å². The summed E-state index contributed by atoms with van der Waals surface area (Å²) in [5.74, 6) is 0.760. The van der Waals surface area contributed by atoms with Crippen molar-refractivity contribution in [3.05, 3.63) is 29.3 Å². The molecule has 0 bridgehead atoms. The zero-order valence-electron chi connectivity index (χ0n) is 10.3. The first-order valence-corrected chi connectivity index (χ1v) is 6.49. The van der Waals surface area contributed by atoms with Crippen molar-refractivity contribution in [2.45, 2.75) is 18.9 Å². The lowest BCUT2D eigenvalue weighted by Crippen LogP contribution is -2.44. The maximum Gasteiger partial charge on any atom is 0.137 e. The van der Waals surface area contributed by atoms with Crippen LogP contribution in [0.2, 0.25) is 5.02 Å². The highest BCUT2D eigenvalue weighted by Crippen LogP contribution is 2.22. The Balaban J connectivity index is 0.00000162. The van der Waals surface area contributed by atoms with Crippen LogP contribution in [-0.2, 0) is 0 Å². The Bertz CT molecular complexity index is 363. The number of likely N-dealkylation sites (tertiary alicyclic amines) is 1. The summed E-state index contributed by atoms with van der Waals surface area (Å²) in [6.45, 7) is 3.68. The summed E-state index contributed by atoms with van der Waals surface area (Å²) in [5.41, 5.74) is 5.93. The molecule has 0 saturated carbocycles. The monoisotopic (exact) mass is 290 g/mol. The molecule has 1 saturated heterocycles. The zero-order chi connectivity index (χ0) is 12.1. The molecule has 0 aromatic heterocycles. The SMILES string of the molecule is Cl.NC1CCCN(CCOc2ccccc2Cl)C1. The average molecular weight is 291 g/mol. The number of ether oxygens (including phenoxy) is 1. The standard InChI is InChI=1S/C13H19ClN2O.ClH/c14-12-5-1-2-6-13(12)17-9-8-16-7-3-4-11(15)10-16;/h1-2,5-6,11H,3-4,7-10,15H2;1H. The molecule has 0 radical (unpaired) electrons. The quantitative estimate of drug-likeness (QED) is 0.926. The zero-order valence-corrected chi connectivity index (χ0v) is 11.9. The molecule has 1 aromatic carbocycles. The fraction of sp³-hybridized carbons (Fsp3) is 0.538. The van der Waals surface area contributed by atoms with E-state index in [1.54, 1.807) is 0 Å². The van der Waals surface area contributed by atoms with E-state index in [-0.39, 0.29) is 12.4 Å². The fourth-order valence-electron chi connectivity index (χ4n) is 2.14. The fourth-order valence-corrected chi connectivity index (χ4v) is 2.33. The molecule has 18 heavy (non-hydrogen) atoms. The van der Waals surface area contributed by atoms with Gasteiger partial charge in [-0.15, -0.1) is 12.4 Å². The lowest BCUT2D eigenvalue weighted by Gasteiger charge is -2.30. The van der Waals surface area contributed by atoms with Gasteiger partial charge in [0, 0.05) is 19.1 Å². The van der Waals surface area contributed by atoms with Gasteiger partial charge in [0.1, 0.15) is 12.4 Å². The molecule has 5 heteroatoms. The Morgan fingerprint density at radius 3 is 2.89 bits per heavy atom. The summed E-state index contributed by atoms with van der Waals surface area (Å²) in [5, 5.41) is 0.669. The van der Waals surface area contributed by atoms with Gasteiger partial charge in [0.15, 0.2) is 0 Å². The van der Waals surface area contributed by atoms with Crippen LogP contribution in [0.25, 0.3) is 0 Å². The van der Waals surface area contributed by atoms with Gasteiger partial charge < -0.3 is 10.5 Å². The van der Waals surface area contributed by atoms with E-state index in [2.05, 4.69) is 4.90 Å². The summed E-state index contributed by atoms with van der Waals surface area (Å²) in [6.07, 6.45) is 2.33. The van der Waals surface area contributed by atoms with Gasteiger partial charge in [-0.1, -0.05) is 23.7 Å². The minimum absolute atomic E-state index is 0. The number of halogens is 2. The Hall–Kier alpha value is -0.480. The van der Waals surface area contributed by atoms with Crippen LogP contribution in [0.3, 0.4) is 0 Å². The normalized spacial score (nSPS) is 20.2. The predicted octanol–water partition coefficient (Wildman–Crippen LogP) is 2.56. The van der Waals surface area contributed by atoms with Gasteiger partial charge >= 0.3 is 0 Å². The van der Waals surface area contributed by atoms with Crippen LogP contribution in [-0.4, -0.2) is 37.2 Å². The van der Waals surface area contributed by atoms with Gasteiger partial charge in [0.2, 0.25) is 0 Å². The summed E-state index contributed by atoms with van der Waals surface area (Å²) < 4.78 is 5.66. The van der Waals surface area contributed by atoms with Crippen LogP contribution in [0.5, 0.6) is 5.75 Å². The third-order valence-electron chi connectivity index (χ3n) is 3.04. The summed E-state index contributed by atoms with van der Waals surface area (Å²) in [4.78, 5) is 2.35. The molecule has 2 rings (SSSR count). The van der Waals surface area contributed by atoms with Crippen LogP contribution < -0.4 is 10.5 Å². The number of piperidine rings is 1. The Morgan fingerprint density at radius 1 is 1.39 bits per heavy atom. The van der Waals surface area contributed by atoms with Crippen LogP contribution in [0, 0.1) is 0 Å². The minimum Gasteiger partial charge on any atom is -0.491 e. The number of rotatable bonds is 4.